The maximum Gasteiger partial charge on any atom is 0.573 e. The smallest absolute Gasteiger partial charge is 0.406 e. The third kappa shape index (κ3) is 7.21. The molecular formula is C26H28F3N7O4S. The maximum absolute atomic E-state index is 13.2. The van der Waals surface area contributed by atoms with E-state index in [4.69, 9.17) is 0 Å². The van der Waals surface area contributed by atoms with E-state index in [2.05, 4.69) is 34.6 Å². The number of carbonyl (C=O) groups excluding carboxylic acids is 1. The summed E-state index contributed by atoms with van der Waals surface area (Å²) in [4.78, 5) is 30.2. The molecule has 4 heterocycles. The first-order valence-corrected chi connectivity index (χ1v) is 14.7. The molecule has 0 radical (unpaired) electrons. The molecule has 41 heavy (non-hydrogen) atoms. The number of carbonyl (C=O) groups is 1. The number of pyridine rings is 1. The molecule has 2 aliphatic heterocycles. The minimum absolute atomic E-state index is 0.0565. The summed E-state index contributed by atoms with van der Waals surface area (Å²) in [5, 5.41) is 2.94. The Bertz CT molecular complexity index is 1550. The van der Waals surface area contributed by atoms with Crippen LogP contribution in [0.15, 0.2) is 48.8 Å². The summed E-state index contributed by atoms with van der Waals surface area (Å²) in [7, 11) is -3.52. The molecular weight excluding hydrogens is 563 g/mol. The Kier molecular flexibility index (Phi) is 7.74. The lowest BCUT2D eigenvalue weighted by atomic mass is 9.96. The lowest BCUT2D eigenvalue weighted by Crippen LogP contribution is -2.50. The normalized spacial score (nSPS) is 19.5. The minimum Gasteiger partial charge on any atom is -0.406 e. The average Bonchev–Trinajstić information content (AvgIpc) is 3.30. The predicted molar refractivity (Wildman–Crippen MR) is 144 cm³/mol. The van der Waals surface area contributed by atoms with Crippen molar-refractivity contribution in [2.24, 2.45) is 0 Å². The van der Waals surface area contributed by atoms with Gasteiger partial charge in [0.05, 0.1) is 11.9 Å². The van der Waals surface area contributed by atoms with E-state index in [0.29, 0.717) is 30.9 Å². The molecule has 0 bridgehead atoms. The Morgan fingerprint density at radius 3 is 2.68 bits per heavy atom. The van der Waals surface area contributed by atoms with Crippen molar-refractivity contribution >= 4 is 33.4 Å². The number of hydrogen-bond acceptors (Lipinski definition) is 9. The number of piperidine rings is 1. The summed E-state index contributed by atoms with van der Waals surface area (Å²) < 4.78 is 67.0. The van der Waals surface area contributed by atoms with Gasteiger partial charge in [-0.3, -0.25) is 14.4 Å². The van der Waals surface area contributed by atoms with Crippen LogP contribution in [-0.4, -0.2) is 70.3 Å². The van der Waals surface area contributed by atoms with E-state index in [9.17, 15) is 26.4 Å². The van der Waals surface area contributed by atoms with Gasteiger partial charge in [-0.25, -0.2) is 23.4 Å². The lowest BCUT2D eigenvalue weighted by Gasteiger charge is -2.41. The number of rotatable bonds is 7. The van der Waals surface area contributed by atoms with Gasteiger partial charge in [0.2, 0.25) is 16.0 Å². The molecule has 1 fully saturated rings. The van der Waals surface area contributed by atoms with Crippen LogP contribution in [0.25, 0.3) is 0 Å². The summed E-state index contributed by atoms with van der Waals surface area (Å²) >= 11 is 0. The number of hydrogen-bond donors (Lipinski definition) is 2. The SMILES string of the molecule is C[C@@H]1C[C@H](N2Cc3cnc(Nc4cccc(OC(F)(F)F)c4)nc3C2)CCN1C(=O)c1ccnc(NS(C)(=O)=O)c1. The molecule has 2 atom stereocenters. The molecule has 0 aliphatic carbocycles. The van der Waals surface area contributed by atoms with Crippen molar-refractivity contribution in [2.45, 2.75) is 51.3 Å². The zero-order chi connectivity index (χ0) is 29.4. The average molecular weight is 592 g/mol. The second-order valence-corrected chi connectivity index (χ2v) is 11.8. The Morgan fingerprint density at radius 2 is 1.95 bits per heavy atom. The van der Waals surface area contributed by atoms with Gasteiger partial charge in [0, 0.05) is 67.0 Å². The number of benzene rings is 1. The zero-order valence-corrected chi connectivity index (χ0v) is 23.0. The molecule has 0 unspecified atom stereocenters. The number of fused-ring (bicyclic) bond motifs is 1. The van der Waals surface area contributed by atoms with Crippen LogP contribution < -0.4 is 14.8 Å². The Labute approximate surface area is 234 Å². The molecule has 0 spiro atoms. The van der Waals surface area contributed by atoms with Gasteiger partial charge in [0.1, 0.15) is 11.6 Å². The van der Waals surface area contributed by atoms with E-state index in [1.165, 1.54) is 30.5 Å². The van der Waals surface area contributed by atoms with Crippen LogP contribution in [0.4, 0.5) is 30.6 Å². The van der Waals surface area contributed by atoms with E-state index in [-0.39, 0.29) is 35.5 Å². The van der Waals surface area contributed by atoms with Gasteiger partial charge >= 0.3 is 6.36 Å². The molecule has 2 aliphatic rings. The maximum atomic E-state index is 13.2. The monoisotopic (exact) mass is 591 g/mol. The first-order chi connectivity index (χ1) is 19.3. The summed E-state index contributed by atoms with van der Waals surface area (Å²) in [6.45, 7) is 3.76. The van der Waals surface area contributed by atoms with Crippen molar-refractivity contribution in [1.82, 2.24) is 24.8 Å². The molecule has 11 nitrogen and oxygen atoms in total. The molecule has 2 aromatic heterocycles. The number of sulfonamides is 1. The molecule has 1 amide bonds. The van der Waals surface area contributed by atoms with E-state index in [1.54, 1.807) is 23.2 Å². The summed E-state index contributed by atoms with van der Waals surface area (Å²) in [6, 6.07) is 8.62. The summed E-state index contributed by atoms with van der Waals surface area (Å²) in [5.74, 6) is -0.173. The molecule has 5 rings (SSSR count). The standard InChI is InChI=1S/C26H28F3N7O4S/c1-16-10-20(7-9-36(16)24(37)17-6-8-30-23(11-17)34-41(2,38)39)35-14-18-13-31-25(33-22(18)15-35)32-19-4-3-5-21(12-19)40-26(27,28)29/h3-6,8,11-13,16,20H,7,9-10,14-15H2,1-2H3,(H,30,34)(H,31,32,33)/t16-,20-/m1/s1. The molecule has 0 saturated carbocycles. The second kappa shape index (κ2) is 11.1. The van der Waals surface area contributed by atoms with Crippen molar-refractivity contribution in [3.8, 4) is 5.75 Å². The highest BCUT2D eigenvalue weighted by molar-refractivity contribution is 7.92. The van der Waals surface area contributed by atoms with Gasteiger partial charge in [-0.2, -0.15) is 0 Å². The minimum atomic E-state index is -4.78. The molecule has 1 saturated heterocycles. The fourth-order valence-electron chi connectivity index (χ4n) is 5.15. The fourth-order valence-corrected chi connectivity index (χ4v) is 5.64. The number of halogens is 3. The highest BCUT2D eigenvalue weighted by atomic mass is 32.2. The zero-order valence-electron chi connectivity index (χ0n) is 22.2. The topological polar surface area (TPSA) is 130 Å². The Morgan fingerprint density at radius 1 is 1.15 bits per heavy atom. The highest BCUT2D eigenvalue weighted by Crippen LogP contribution is 2.31. The lowest BCUT2D eigenvalue weighted by molar-refractivity contribution is -0.274. The van der Waals surface area contributed by atoms with Crippen molar-refractivity contribution in [1.29, 1.82) is 0 Å². The molecule has 2 N–H and O–H groups in total. The predicted octanol–water partition coefficient (Wildman–Crippen LogP) is 3.89. The third-order valence-electron chi connectivity index (χ3n) is 6.93. The van der Waals surface area contributed by atoms with Crippen LogP contribution in [0, 0.1) is 0 Å². The van der Waals surface area contributed by atoms with Crippen LogP contribution in [0.1, 0.15) is 41.4 Å². The summed E-state index contributed by atoms with van der Waals surface area (Å²) in [6.07, 6.45) is 0.835. The largest absolute Gasteiger partial charge is 0.573 e. The van der Waals surface area contributed by atoms with Crippen molar-refractivity contribution in [2.75, 3.05) is 22.8 Å². The van der Waals surface area contributed by atoms with E-state index < -0.39 is 16.4 Å². The summed E-state index contributed by atoms with van der Waals surface area (Å²) in [5.41, 5.74) is 2.52. The van der Waals surface area contributed by atoms with E-state index in [1.807, 2.05) is 6.92 Å². The van der Waals surface area contributed by atoms with Gasteiger partial charge in [-0.15, -0.1) is 13.2 Å². The van der Waals surface area contributed by atoms with E-state index in [0.717, 1.165) is 30.4 Å². The first kappa shape index (κ1) is 28.5. The van der Waals surface area contributed by atoms with Crippen LogP contribution in [0.2, 0.25) is 0 Å². The Balaban J connectivity index is 1.20. The number of likely N-dealkylation sites (tertiary alicyclic amines) is 1. The van der Waals surface area contributed by atoms with Gasteiger partial charge in [0.15, 0.2) is 0 Å². The highest BCUT2D eigenvalue weighted by Gasteiger charge is 2.35. The second-order valence-electron chi connectivity index (χ2n) is 10.1. The number of nitrogens with zero attached hydrogens (tertiary/aromatic N) is 5. The van der Waals surface area contributed by atoms with Crippen LogP contribution in [0.3, 0.4) is 0 Å². The van der Waals surface area contributed by atoms with Crippen molar-refractivity contribution in [3.05, 3.63) is 65.6 Å². The van der Waals surface area contributed by atoms with Crippen molar-refractivity contribution in [3.63, 3.8) is 0 Å². The molecule has 15 heteroatoms. The van der Waals surface area contributed by atoms with E-state index >= 15 is 0 Å². The van der Waals surface area contributed by atoms with Gasteiger partial charge in [-0.05, 0) is 44.0 Å². The van der Waals surface area contributed by atoms with Crippen LogP contribution in [-0.2, 0) is 23.1 Å². The van der Waals surface area contributed by atoms with Crippen molar-refractivity contribution < 1.29 is 31.1 Å². The van der Waals surface area contributed by atoms with Gasteiger partial charge in [0.25, 0.3) is 5.91 Å². The molecule has 1 aromatic carbocycles. The first-order valence-electron chi connectivity index (χ1n) is 12.8. The molecule has 3 aromatic rings. The number of anilines is 3. The number of nitrogens with one attached hydrogen (secondary N) is 2. The number of alkyl halides is 3. The Hall–Kier alpha value is -3.98. The van der Waals surface area contributed by atoms with Gasteiger partial charge in [-0.1, -0.05) is 6.07 Å². The number of amides is 1. The van der Waals surface area contributed by atoms with Gasteiger partial charge < -0.3 is 15.0 Å². The fraction of sp³-hybridized carbons (Fsp3) is 0.385. The molecule has 218 valence electrons. The third-order valence-corrected chi connectivity index (χ3v) is 7.51. The van der Waals surface area contributed by atoms with Crippen LogP contribution in [0.5, 0.6) is 5.75 Å². The number of ether oxygens (including phenoxy) is 1. The number of aromatic nitrogens is 3. The quantitative estimate of drug-likeness (QED) is 0.420. The van der Waals surface area contributed by atoms with Crippen LogP contribution >= 0.6 is 0 Å².